The first kappa shape index (κ1) is 21.7. The van der Waals surface area contributed by atoms with E-state index < -0.39 is 11.6 Å². The molecule has 2 aromatic carbocycles. The number of carbonyl (C=O) groups is 1. The molecule has 4 rings (SSSR count). The molecule has 2 aromatic rings. The standard InChI is InChI=1S/C26H30F2N2O/c27-23-14-19(15-24(28)17-23)7-9-26(31)29-25-8-6-20(16-25)18-30-12-10-22(11-13-30)21-4-2-1-3-5-21/h1-5,7,9,14-15,17,20,22,25H,6,8,10-13,16,18H2,(H,29,31)/t20-,25+/m0/s1. The van der Waals surface area contributed by atoms with Crippen molar-refractivity contribution in [2.75, 3.05) is 19.6 Å². The van der Waals surface area contributed by atoms with Crippen LogP contribution in [0.5, 0.6) is 0 Å². The number of halogens is 2. The van der Waals surface area contributed by atoms with Gasteiger partial charge in [-0.25, -0.2) is 8.78 Å². The predicted molar refractivity (Wildman–Crippen MR) is 120 cm³/mol. The van der Waals surface area contributed by atoms with E-state index in [9.17, 15) is 13.6 Å². The van der Waals surface area contributed by atoms with E-state index in [0.717, 1.165) is 45.0 Å². The van der Waals surface area contributed by atoms with Gasteiger partial charge in [-0.3, -0.25) is 4.79 Å². The number of nitrogens with one attached hydrogen (secondary N) is 1. The van der Waals surface area contributed by atoms with E-state index in [4.69, 9.17) is 0 Å². The maximum atomic E-state index is 13.2. The summed E-state index contributed by atoms with van der Waals surface area (Å²) in [7, 11) is 0. The second-order valence-corrected chi connectivity index (χ2v) is 8.91. The van der Waals surface area contributed by atoms with Crippen molar-refractivity contribution in [3.05, 3.63) is 77.4 Å². The zero-order chi connectivity index (χ0) is 21.6. The fourth-order valence-electron chi connectivity index (χ4n) is 5.00. The summed E-state index contributed by atoms with van der Waals surface area (Å²) in [5, 5.41) is 3.04. The number of benzene rings is 2. The van der Waals surface area contributed by atoms with Crippen molar-refractivity contribution < 1.29 is 13.6 Å². The van der Waals surface area contributed by atoms with Crippen LogP contribution in [0.3, 0.4) is 0 Å². The molecular weight excluding hydrogens is 394 g/mol. The van der Waals surface area contributed by atoms with E-state index in [0.29, 0.717) is 17.4 Å². The molecule has 2 atom stereocenters. The van der Waals surface area contributed by atoms with Gasteiger partial charge in [0, 0.05) is 24.7 Å². The minimum atomic E-state index is -0.647. The highest BCUT2D eigenvalue weighted by atomic mass is 19.1. The Kier molecular flexibility index (Phi) is 7.13. The molecule has 0 unspecified atom stereocenters. The highest BCUT2D eigenvalue weighted by Gasteiger charge is 2.28. The summed E-state index contributed by atoms with van der Waals surface area (Å²) in [5.74, 6) is -0.219. The van der Waals surface area contributed by atoms with Gasteiger partial charge in [0.2, 0.25) is 5.91 Å². The third-order valence-corrected chi connectivity index (χ3v) is 6.57. The van der Waals surface area contributed by atoms with Gasteiger partial charge in [0.1, 0.15) is 11.6 Å². The molecule has 1 amide bonds. The van der Waals surface area contributed by atoms with Crippen LogP contribution in [-0.4, -0.2) is 36.5 Å². The lowest BCUT2D eigenvalue weighted by Gasteiger charge is -2.33. The lowest BCUT2D eigenvalue weighted by atomic mass is 9.89. The first-order valence-electron chi connectivity index (χ1n) is 11.3. The smallest absolute Gasteiger partial charge is 0.244 e. The number of rotatable bonds is 6. The average molecular weight is 425 g/mol. The molecule has 1 saturated carbocycles. The molecule has 164 valence electrons. The molecule has 1 aliphatic heterocycles. The van der Waals surface area contributed by atoms with Gasteiger partial charge in [0.25, 0.3) is 0 Å². The number of piperidine rings is 1. The minimum Gasteiger partial charge on any atom is -0.350 e. The Bertz CT molecular complexity index is 887. The summed E-state index contributed by atoms with van der Waals surface area (Å²) < 4.78 is 26.5. The van der Waals surface area contributed by atoms with Crippen molar-refractivity contribution >= 4 is 12.0 Å². The summed E-state index contributed by atoms with van der Waals surface area (Å²) in [6.07, 6.45) is 8.33. The van der Waals surface area contributed by atoms with Crippen LogP contribution in [0.15, 0.2) is 54.6 Å². The molecule has 5 heteroatoms. The van der Waals surface area contributed by atoms with Crippen molar-refractivity contribution in [1.82, 2.24) is 10.2 Å². The molecule has 3 nitrogen and oxygen atoms in total. The van der Waals surface area contributed by atoms with Crippen molar-refractivity contribution in [2.24, 2.45) is 5.92 Å². The zero-order valence-electron chi connectivity index (χ0n) is 17.8. The van der Waals surface area contributed by atoms with E-state index in [1.165, 1.54) is 42.7 Å². The van der Waals surface area contributed by atoms with Crippen LogP contribution >= 0.6 is 0 Å². The molecule has 1 saturated heterocycles. The number of hydrogen-bond donors (Lipinski definition) is 1. The number of carbonyl (C=O) groups excluding carboxylic acids is 1. The Morgan fingerprint density at radius 1 is 1.00 bits per heavy atom. The third-order valence-electron chi connectivity index (χ3n) is 6.57. The number of hydrogen-bond acceptors (Lipinski definition) is 2. The van der Waals surface area contributed by atoms with Crippen LogP contribution in [0, 0.1) is 17.6 Å². The quantitative estimate of drug-likeness (QED) is 0.651. The Morgan fingerprint density at radius 3 is 2.42 bits per heavy atom. The number of amides is 1. The minimum absolute atomic E-state index is 0.174. The van der Waals surface area contributed by atoms with E-state index in [-0.39, 0.29) is 11.9 Å². The van der Waals surface area contributed by atoms with Crippen molar-refractivity contribution in [3.8, 4) is 0 Å². The average Bonchev–Trinajstić information content (AvgIpc) is 3.19. The SMILES string of the molecule is O=C(C=Cc1cc(F)cc(F)c1)N[C@@H]1CC[C@H](CN2CCC(c3ccccc3)CC2)C1. The summed E-state index contributed by atoms with van der Waals surface area (Å²) in [6, 6.07) is 14.2. The molecule has 0 aromatic heterocycles. The van der Waals surface area contributed by atoms with E-state index in [1.54, 1.807) is 0 Å². The molecule has 0 spiro atoms. The predicted octanol–water partition coefficient (Wildman–Crippen LogP) is 5.14. The van der Waals surface area contributed by atoms with Crippen LogP contribution in [0.2, 0.25) is 0 Å². The molecule has 0 bridgehead atoms. The van der Waals surface area contributed by atoms with Gasteiger partial charge in [-0.05, 0) is 86.4 Å². The van der Waals surface area contributed by atoms with Gasteiger partial charge in [-0.15, -0.1) is 0 Å². The van der Waals surface area contributed by atoms with Crippen molar-refractivity contribution in [2.45, 2.75) is 44.1 Å². The van der Waals surface area contributed by atoms with Crippen LogP contribution in [-0.2, 0) is 4.79 Å². The second-order valence-electron chi connectivity index (χ2n) is 8.91. The molecule has 0 radical (unpaired) electrons. The maximum absolute atomic E-state index is 13.2. The Hall–Kier alpha value is -2.53. The first-order chi connectivity index (χ1) is 15.0. The highest BCUT2D eigenvalue weighted by molar-refractivity contribution is 5.91. The summed E-state index contributed by atoms with van der Waals surface area (Å²) in [6.45, 7) is 3.38. The highest BCUT2D eigenvalue weighted by Crippen LogP contribution is 2.31. The summed E-state index contributed by atoms with van der Waals surface area (Å²) in [5.41, 5.74) is 1.80. The Morgan fingerprint density at radius 2 is 1.71 bits per heavy atom. The van der Waals surface area contributed by atoms with E-state index in [1.807, 2.05) is 0 Å². The number of nitrogens with zero attached hydrogens (tertiary/aromatic N) is 1. The molecule has 2 aliphatic rings. The topological polar surface area (TPSA) is 32.3 Å². The van der Waals surface area contributed by atoms with Crippen LogP contribution in [0.25, 0.3) is 6.08 Å². The summed E-state index contributed by atoms with van der Waals surface area (Å²) >= 11 is 0. The second kappa shape index (κ2) is 10.2. The van der Waals surface area contributed by atoms with Crippen LogP contribution in [0.1, 0.15) is 49.1 Å². The largest absolute Gasteiger partial charge is 0.350 e. The molecule has 1 aliphatic carbocycles. The van der Waals surface area contributed by atoms with Crippen molar-refractivity contribution in [1.29, 1.82) is 0 Å². The van der Waals surface area contributed by atoms with Gasteiger partial charge in [-0.2, -0.15) is 0 Å². The fourth-order valence-corrected chi connectivity index (χ4v) is 5.00. The molecule has 2 fully saturated rings. The van der Waals surface area contributed by atoms with Crippen LogP contribution < -0.4 is 5.32 Å². The summed E-state index contributed by atoms with van der Waals surface area (Å²) in [4.78, 5) is 14.8. The number of likely N-dealkylation sites (tertiary alicyclic amines) is 1. The van der Waals surface area contributed by atoms with Crippen molar-refractivity contribution in [3.63, 3.8) is 0 Å². The van der Waals surface area contributed by atoms with Gasteiger partial charge in [0.15, 0.2) is 0 Å². The first-order valence-corrected chi connectivity index (χ1v) is 11.3. The molecule has 31 heavy (non-hydrogen) atoms. The lowest BCUT2D eigenvalue weighted by molar-refractivity contribution is -0.117. The van der Waals surface area contributed by atoms with Gasteiger partial charge < -0.3 is 10.2 Å². The van der Waals surface area contributed by atoms with Crippen LogP contribution in [0.4, 0.5) is 8.78 Å². The van der Waals surface area contributed by atoms with E-state index >= 15 is 0 Å². The normalized spacial score (nSPS) is 22.8. The molecule has 1 N–H and O–H groups in total. The third kappa shape index (κ3) is 6.23. The zero-order valence-corrected chi connectivity index (χ0v) is 17.8. The Balaban J connectivity index is 1.19. The fraction of sp³-hybridized carbons (Fsp3) is 0.423. The molecular formula is C26H30F2N2O. The van der Waals surface area contributed by atoms with Gasteiger partial charge >= 0.3 is 0 Å². The maximum Gasteiger partial charge on any atom is 0.244 e. The van der Waals surface area contributed by atoms with Gasteiger partial charge in [0.05, 0.1) is 0 Å². The Labute approximate surface area is 183 Å². The molecule has 1 heterocycles. The van der Waals surface area contributed by atoms with Gasteiger partial charge in [-0.1, -0.05) is 30.3 Å². The lowest BCUT2D eigenvalue weighted by Crippen LogP contribution is -2.37. The monoisotopic (exact) mass is 424 g/mol. The van der Waals surface area contributed by atoms with E-state index in [2.05, 4.69) is 40.5 Å².